The molecule has 9 nitrogen and oxygen atoms in total. The first kappa shape index (κ1) is 21.5. The summed E-state index contributed by atoms with van der Waals surface area (Å²) in [5, 5.41) is 3.99. The van der Waals surface area contributed by atoms with Gasteiger partial charge in [-0.15, -0.1) is 0 Å². The van der Waals surface area contributed by atoms with Crippen LogP contribution in [0.1, 0.15) is 25.0 Å². The van der Waals surface area contributed by atoms with Crippen LogP contribution in [0.15, 0.2) is 30.7 Å². The maximum atomic E-state index is 13.1. The molecule has 0 aromatic carbocycles. The van der Waals surface area contributed by atoms with Crippen LogP contribution in [0.2, 0.25) is 0 Å². The van der Waals surface area contributed by atoms with E-state index in [0.717, 1.165) is 19.4 Å². The zero-order chi connectivity index (χ0) is 22.2. The van der Waals surface area contributed by atoms with Gasteiger partial charge in [0.15, 0.2) is 5.65 Å². The fourth-order valence-electron chi connectivity index (χ4n) is 3.76. The van der Waals surface area contributed by atoms with Gasteiger partial charge >= 0.3 is 0 Å². The van der Waals surface area contributed by atoms with E-state index >= 15 is 0 Å². The lowest BCUT2D eigenvalue weighted by atomic mass is 9.98. The number of hydrogen-bond donors (Lipinski definition) is 0. The Labute approximate surface area is 178 Å². The van der Waals surface area contributed by atoms with E-state index in [1.165, 1.54) is 33.5 Å². The van der Waals surface area contributed by atoms with Gasteiger partial charge in [0.2, 0.25) is 10.0 Å². The van der Waals surface area contributed by atoms with Crippen molar-refractivity contribution < 1.29 is 17.2 Å². The number of nitrogens with zero attached hydrogens (tertiary/aromatic N) is 7. The van der Waals surface area contributed by atoms with Gasteiger partial charge in [0, 0.05) is 32.7 Å². The summed E-state index contributed by atoms with van der Waals surface area (Å²) in [6.45, 7) is 1.90. The lowest BCUT2D eigenvalue weighted by molar-refractivity contribution is 0.144. The van der Waals surface area contributed by atoms with Crippen molar-refractivity contribution in [1.29, 1.82) is 0 Å². The molecule has 0 saturated carbocycles. The lowest BCUT2D eigenvalue weighted by Gasteiger charge is -2.35. The number of anilines is 1. The van der Waals surface area contributed by atoms with E-state index in [9.17, 15) is 17.2 Å². The van der Waals surface area contributed by atoms with Gasteiger partial charge in [0.25, 0.3) is 6.43 Å². The molecule has 4 rings (SSSR count). The molecular formula is C19H23F2N7O2S. The highest BCUT2D eigenvalue weighted by Crippen LogP contribution is 2.26. The summed E-state index contributed by atoms with van der Waals surface area (Å²) in [6, 6.07) is 4.53. The monoisotopic (exact) mass is 451 g/mol. The molecule has 166 valence electrons. The molecule has 1 atom stereocenters. The number of fused-ring (bicyclic) bond motifs is 1. The summed E-state index contributed by atoms with van der Waals surface area (Å²) in [5.41, 5.74) is 1.12. The number of alkyl halides is 2. The molecule has 1 saturated heterocycles. The van der Waals surface area contributed by atoms with Crippen molar-refractivity contribution in [2.24, 2.45) is 5.92 Å². The molecule has 1 aliphatic rings. The molecule has 4 heterocycles. The van der Waals surface area contributed by atoms with Crippen LogP contribution in [0.5, 0.6) is 0 Å². The second-order valence-corrected chi connectivity index (χ2v) is 9.82. The zero-order valence-corrected chi connectivity index (χ0v) is 18.0. The third-order valence-electron chi connectivity index (χ3n) is 5.45. The Morgan fingerprint density at radius 2 is 2.06 bits per heavy atom. The third kappa shape index (κ3) is 4.64. The van der Waals surface area contributed by atoms with E-state index < -0.39 is 16.4 Å². The van der Waals surface area contributed by atoms with Crippen molar-refractivity contribution in [2.75, 3.05) is 37.8 Å². The lowest BCUT2D eigenvalue weighted by Crippen LogP contribution is -2.41. The van der Waals surface area contributed by atoms with Gasteiger partial charge in [-0.1, -0.05) is 0 Å². The molecule has 31 heavy (non-hydrogen) atoms. The summed E-state index contributed by atoms with van der Waals surface area (Å²) >= 11 is 0. The number of rotatable bonds is 6. The first-order valence-electron chi connectivity index (χ1n) is 9.84. The maximum Gasteiger partial charge on any atom is 0.282 e. The molecule has 1 unspecified atom stereocenters. The summed E-state index contributed by atoms with van der Waals surface area (Å²) in [4.78, 5) is 15.0. The van der Waals surface area contributed by atoms with E-state index in [4.69, 9.17) is 0 Å². The summed E-state index contributed by atoms with van der Waals surface area (Å²) in [5.74, 6) is 0.870. The first-order chi connectivity index (χ1) is 14.7. The van der Waals surface area contributed by atoms with Crippen LogP contribution in [0, 0.1) is 5.92 Å². The van der Waals surface area contributed by atoms with Crippen LogP contribution in [-0.4, -0.2) is 70.2 Å². The van der Waals surface area contributed by atoms with E-state index in [1.807, 2.05) is 0 Å². The average molecular weight is 452 g/mol. The number of piperidine rings is 1. The number of sulfonamides is 1. The first-order valence-corrected chi connectivity index (χ1v) is 11.7. The summed E-state index contributed by atoms with van der Waals surface area (Å²) in [7, 11) is -1.65. The second-order valence-electron chi connectivity index (χ2n) is 7.73. The van der Waals surface area contributed by atoms with E-state index in [-0.39, 0.29) is 11.6 Å². The van der Waals surface area contributed by atoms with Crippen molar-refractivity contribution in [2.45, 2.75) is 19.3 Å². The van der Waals surface area contributed by atoms with Crippen LogP contribution < -0.4 is 4.90 Å². The Balaban J connectivity index is 1.59. The minimum Gasteiger partial charge on any atom is -0.356 e. The highest BCUT2D eigenvalue weighted by atomic mass is 32.2. The third-order valence-corrected chi connectivity index (χ3v) is 6.73. The molecule has 12 heteroatoms. The molecule has 0 N–H and O–H groups in total. The van der Waals surface area contributed by atoms with Gasteiger partial charge in [0.1, 0.15) is 23.5 Å². The van der Waals surface area contributed by atoms with Gasteiger partial charge in [-0.05, 0) is 30.9 Å². The van der Waals surface area contributed by atoms with Crippen LogP contribution in [-0.2, 0) is 10.0 Å². The molecule has 0 amide bonds. The topological polar surface area (TPSA) is 96.6 Å². The number of imidazole rings is 1. The van der Waals surface area contributed by atoms with Gasteiger partial charge < -0.3 is 4.90 Å². The molecule has 1 aliphatic heterocycles. The van der Waals surface area contributed by atoms with E-state index in [2.05, 4.69) is 25.0 Å². The molecule has 1 fully saturated rings. The molecule has 0 spiro atoms. The largest absolute Gasteiger partial charge is 0.356 e. The van der Waals surface area contributed by atoms with Crippen LogP contribution >= 0.6 is 0 Å². The Kier molecular flexibility index (Phi) is 5.84. The van der Waals surface area contributed by atoms with Gasteiger partial charge in [-0.3, -0.25) is 0 Å². The Hall–Kier alpha value is -2.73. The Morgan fingerprint density at radius 1 is 1.26 bits per heavy atom. The zero-order valence-electron chi connectivity index (χ0n) is 17.2. The number of hydrogen-bond acceptors (Lipinski definition) is 7. The van der Waals surface area contributed by atoms with Gasteiger partial charge in [0.05, 0.1) is 18.1 Å². The molecule has 0 bridgehead atoms. The molecular weight excluding hydrogens is 428 g/mol. The highest BCUT2D eigenvalue weighted by Gasteiger charge is 2.25. The Bertz CT molecular complexity index is 1180. The number of halogens is 2. The molecule has 0 aliphatic carbocycles. The molecule has 3 aromatic heterocycles. The van der Waals surface area contributed by atoms with Gasteiger partial charge in [-0.25, -0.2) is 41.0 Å². The minimum atomic E-state index is -3.23. The predicted octanol–water partition coefficient (Wildman–Crippen LogP) is 2.23. The quantitative estimate of drug-likeness (QED) is 0.567. The highest BCUT2D eigenvalue weighted by molar-refractivity contribution is 7.88. The summed E-state index contributed by atoms with van der Waals surface area (Å²) in [6.07, 6.45) is 3.33. The van der Waals surface area contributed by atoms with Crippen molar-refractivity contribution >= 4 is 21.5 Å². The van der Waals surface area contributed by atoms with Crippen molar-refractivity contribution in [3.63, 3.8) is 0 Å². The fraction of sp³-hybridized carbons (Fsp3) is 0.474. The van der Waals surface area contributed by atoms with Crippen molar-refractivity contribution in [3.8, 4) is 11.4 Å². The van der Waals surface area contributed by atoms with E-state index in [0.29, 0.717) is 35.9 Å². The van der Waals surface area contributed by atoms with Crippen LogP contribution in [0.25, 0.3) is 17.0 Å². The Morgan fingerprint density at radius 3 is 2.81 bits per heavy atom. The fourth-order valence-corrected chi connectivity index (χ4v) is 4.24. The van der Waals surface area contributed by atoms with Crippen LogP contribution in [0.3, 0.4) is 0 Å². The van der Waals surface area contributed by atoms with Crippen LogP contribution in [0.4, 0.5) is 14.6 Å². The van der Waals surface area contributed by atoms with Gasteiger partial charge in [-0.2, -0.15) is 5.10 Å². The summed E-state index contributed by atoms with van der Waals surface area (Å²) < 4.78 is 52.3. The smallest absolute Gasteiger partial charge is 0.282 e. The van der Waals surface area contributed by atoms with Crippen molar-refractivity contribution in [1.82, 2.24) is 28.9 Å². The number of aromatic nitrogens is 5. The normalized spacial score (nSPS) is 17.7. The average Bonchev–Trinajstić information content (AvgIpc) is 3.16. The standard InChI is InChI=1S/C19H23F2N7O2S/c1-26(31(2,29)30)10-13-4-3-7-27(11-13)18-8-15(23-12-24-18)16-9-22-17-6-5-14(19(20)21)25-28(16)17/h5-6,8-9,12-13,19H,3-4,7,10-11H2,1-2H3. The second kappa shape index (κ2) is 8.42. The minimum absolute atomic E-state index is 0.179. The van der Waals surface area contributed by atoms with Crippen molar-refractivity contribution in [3.05, 3.63) is 36.4 Å². The SMILES string of the molecule is CN(CC1CCCN(c2cc(-c3cnc4ccc(C(F)F)nn34)ncn2)C1)S(C)(=O)=O. The molecule has 0 radical (unpaired) electrons. The van der Waals surface area contributed by atoms with E-state index in [1.54, 1.807) is 19.3 Å². The maximum absolute atomic E-state index is 13.1. The predicted molar refractivity (Wildman–Crippen MR) is 111 cm³/mol. The molecule has 3 aromatic rings.